The zero-order valence-electron chi connectivity index (χ0n) is 14.9. The lowest BCUT2D eigenvalue weighted by Gasteiger charge is -2.10. The van der Waals surface area contributed by atoms with Crippen molar-refractivity contribution in [3.63, 3.8) is 0 Å². The standard InChI is InChI=1S/C20H14FN3O4S/c21-18-16-11-23-24(12-13-5-4-10-22-19(13)25)20(26)15(16)8-9-17(18)29(27,28)14-6-2-1-3-7-14/h1-11H,12H2,(H,22,25). The van der Waals surface area contributed by atoms with Crippen LogP contribution in [0.1, 0.15) is 5.56 Å². The normalized spacial score (nSPS) is 11.6. The number of fused-ring (bicyclic) bond motifs is 1. The van der Waals surface area contributed by atoms with Crippen molar-refractivity contribution in [3.8, 4) is 0 Å². The van der Waals surface area contributed by atoms with Gasteiger partial charge in [0.2, 0.25) is 9.84 Å². The molecule has 1 N–H and O–H groups in total. The van der Waals surface area contributed by atoms with Gasteiger partial charge < -0.3 is 4.98 Å². The maximum Gasteiger partial charge on any atom is 0.275 e. The number of sulfone groups is 1. The van der Waals surface area contributed by atoms with Crippen molar-refractivity contribution in [2.45, 2.75) is 16.3 Å². The molecule has 0 spiro atoms. The third-order valence-corrected chi connectivity index (χ3v) is 6.29. The molecule has 0 amide bonds. The third-order valence-electron chi connectivity index (χ3n) is 4.50. The molecule has 0 saturated carbocycles. The molecule has 0 saturated heterocycles. The van der Waals surface area contributed by atoms with Crippen LogP contribution in [0.3, 0.4) is 0 Å². The molecule has 9 heteroatoms. The molecule has 4 rings (SSSR count). The maximum absolute atomic E-state index is 15.0. The van der Waals surface area contributed by atoms with Gasteiger partial charge >= 0.3 is 0 Å². The molecule has 0 aliphatic carbocycles. The van der Waals surface area contributed by atoms with Gasteiger partial charge in [-0.05, 0) is 30.3 Å². The number of nitrogens with one attached hydrogen (secondary N) is 1. The van der Waals surface area contributed by atoms with Gasteiger partial charge in [0, 0.05) is 17.1 Å². The van der Waals surface area contributed by atoms with Crippen LogP contribution in [0.2, 0.25) is 0 Å². The molecule has 0 radical (unpaired) electrons. The van der Waals surface area contributed by atoms with E-state index >= 15 is 4.39 Å². The molecular formula is C20H14FN3O4S. The van der Waals surface area contributed by atoms with E-state index < -0.39 is 26.1 Å². The largest absolute Gasteiger partial charge is 0.329 e. The molecule has 0 unspecified atom stereocenters. The van der Waals surface area contributed by atoms with Crippen molar-refractivity contribution in [1.29, 1.82) is 0 Å². The first-order chi connectivity index (χ1) is 13.9. The number of hydrogen-bond acceptors (Lipinski definition) is 5. The van der Waals surface area contributed by atoms with Crippen LogP contribution in [-0.4, -0.2) is 23.2 Å². The second-order valence-corrected chi connectivity index (χ2v) is 8.21. The summed E-state index contributed by atoms with van der Waals surface area (Å²) < 4.78 is 41.6. The van der Waals surface area contributed by atoms with Crippen LogP contribution in [0.15, 0.2) is 86.4 Å². The first-order valence-electron chi connectivity index (χ1n) is 8.54. The van der Waals surface area contributed by atoms with Crippen LogP contribution in [0.4, 0.5) is 4.39 Å². The molecule has 0 atom stereocenters. The molecule has 2 aromatic carbocycles. The van der Waals surface area contributed by atoms with Crippen molar-refractivity contribution in [2.24, 2.45) is 0 Å². The highest BCUT2D eigenvalue weighted by atomic mass is 32.2. The van der Waals surface area contributed by atoms with Crippen molar-refractivity contribution in [1.82, 2.24) is 14.8 Å². The van der Waals surface area contributed by atoms with Gasteiger partial charge in [0.25, 0.3) is 11.1 Å². The van der Waals surface area contributed by atoms with E-state index in [9.17, 15) is 18.0 Å². The Kier molecular flexibility index (Phi) is 4.59. The number of H-pyrrole nitrogens is 1. The molecular weight excluding hydrogens is 397 g/mol. The number of aromatic amines is 1. The molecule has 0 aliphatic heterocycles. The number of nitrogens with zero attached hydrogens (tertiary/aromatic N) is 2. The minimum absolute atomic E-state index is 0.0307. The quantitative estimate of drug-likeness (QED) is 0.554. The lowest BCUT2D eigenvalue weighted by atomic mass is 10.2. The fourth-order valence-corrected chi connectivity index (χ4v) is 4.36. The van der Waals surface area contributed by atoms with E-state index in [1.807, 2.05) is 0 Å². The number of rotatable bonds is 4. The smallest absolute Gasteiger partial charge is 0.275 e. The Balaban J connectivity index is 1.84. The third kappa shape index (κ3) is 3.25. The van der Waals surface area contributed by atoms with E-state index in [0.29, 0.717) is 5.56 Å². The van der Waals surface area contributed by atoms with Crippen molar-refractivity contribution in [2.75, 3.05) is 0 Å². The monoisotopic (exact) mass is 411 g/mol. The molecule has 0 fully saturated rings. The van der Waals surface area contributed by atoms with Gasteiger partial charge in [0.1, 0.15) is 4.90 Å². The summed E-state index contributed by atoms with van der Waals surface area (Å²) in [5.41, 5.74) is -0.685. The number of pyridine rings is 1. The summed E-state index contributed by atoms with van der Waals surface area (Å²) in [5.74, 6) is -1.04. The first kappa shape index (κ1) is 18.8. The molecule has 0 aliphatic rings. The second kappa shape index (κ2) is 7.10. The molecule has 4 aromatic rings. The predicted octanol–water partition coefficient (Wildman–Crippen LogP) is 2.10. The van der Waals surface area contributed by atoms with E-state index in [4.69, 9.17) is 0 Å². The summed E-state index contributed by atoms with van der Waals surface area (Å²) in [7, 11) is -4.10. The lowest BCUT2D eigenvalue weighted by Crippen LogP contribution is -2.26. The summed E-state index contributed by atoms with van der Waals surface area (Å²) in [6, 6.07) is 13.0. The summed E-state index contributed by atoms with van der Waals surface area (Å²) >= 11 is 0. The lowest BCUT2D eigenvalue weighted by molar-refractivity contribution is 0.571. The van der Waals surface area contributed by atoms with Gasteiger partial charge in [-0.15, -0.1) is 0 Å². The van der Waals surface area contributed by atoms with Crippen LogP contribution in [0.25, 0.3) is 10.8 Å². The number of halogens is 1. The fraction of sp³-hybridized carbons (Fsp3) is 0.0500. The van der Waals surface area contributed by atoms with E-state index in [0.717, 1.165) is 16.9 Å². The van der Waals surface area contributed by atoms with E-state index in [-0.39, 0.29) is 27.8 Å². The average Bonchev–Trinajstić information content (AvgIpc) is 2.72. The number of hydrogen-bond donors (Lipinski definition) is 1. The van der Waals surface area contributed by atoms with Crippen molar-refractivity contribution in [3.05, 3.63) is 99.1 Å². The minimum atomic E-state index is -4.10. The molecule has 2 heterocycles. The van der Waals surface area contributed by atoms with E-state index in [1.54, 1.807) is 18.2 Å². The summed E-state index contributed by atoms with van der Waals surface area (Å²) in [4.78, 5) is 26.4. The maximum atomic E-state index is 15.0. The molecule has 2 aromatic heterocycles. The van der Waals surface area contributed by atoms with Gasteiger partial charge in [-0.1, -0.05) is 24.3 Å². The Hall–Kier alpha value is -3.59. The topological polar surface area (TPSA) is 102 Å². The van der Waals surface area contributed by atoms with Gasteiger partial charge in [-0.25, -0.2) is 17.5 Å². The Morgan fingerprint density at radius 3 is 2.45 bits per heavy atom. The van der Waals surface area contributed by atoms with Crippen LogP contribution >= 0.6 is 0 Å². The highest BCUT2D eigenvalue weighted by Crippen LogP contribution is 2.27. The minimum Gasteiger partial charge on any atom is -0.329 e. The van der Waals surface area contributed by atoms with Gasteiger partial charge in [-0.3, -0.25) is 9.59 Å². The molecule has 29 heavy (non-hydrogen) atoms. The van der Waals surface area contributed by atoms with Crippen LogP contribution in [-0.2, 0) is 16.4 Å². The predicted molar refractivity (Wildman–Crippen MR) is 104 cm³/mol. The SMILES string of the molecule is O=c1[nH]cccc1Cn1ncc2c(F)c(S(=O)(=O)c3ccccc3)ccc2c1=O. The van der Waals surface area contributed by atoms with Gasteiger partial charge in [0.15, 0.2) is 5.82 Å². The molecule has 146 valence electrons. The summed E-state index contributed by atoms with van der Waals surface area (Å²) in [5, 5.41) is 3.68. The molecule has 0 bridgehead atoms. The Morgan fingerprint density at radius 2 is 1.72 bits per heavy atom. The van der Waals surface area contributed by atoms with Crippen molar-refractivity contribution < 1.29 is 12.8 Å². The van der Waals surface area contributed by atoms with Crippen LogP contribution < -0.4 is 11.1 Å². The first-order valence-corrected chi connectivity index (χ1v) is 10.0. The number of benzene rings is 2. The van der Waals surface area contributed by atoms with Gasteiger partial charge in [0.05, 0.1) is 23.0 Å². The average molecular weight is 411 g/mol. The summed E-state index contributed by atoms with van der Waals surface area (Å²) in [6.45, 7) is -0.101. The van der Waals surface area contributed by atoms with Crippen LogP contribution in [0, 0.1) is 5.82 Å². The Bertz CT molecular complexity index is 1440. The number of aromatic nitrogens is 3. The Labute approximate surface area is 164 Å². The summed E-state index contributed by atoms with van der Waals surface area (Å²) in [6.07, 6.45) is 2.56. The van der Waals surface area contributed by atoms with Crippen molar-refractivity contribution >= 4 is 20.6 Å². The fourth-order valence-electron chi connectivity index (χ4n) is 2.99. The zero-order valence-corrected chi connectivity index (χ0v) is 15.7. The molecule has 7 nitrogen and oxygen atoms in total. The van der Waals surface area contributed by atoms with Crippen LogP contribution in [0.5, 0.6) is 0 Å². The van der Waals surface area contributed by atoms with E-state index in [2.05, 4.69) is 10.1 Å². The highest BCUT2D eigenvalue weighted by molar-refractivity contribution is 7.91. The highest BCUT2D eigenvalue weighted by Gasteiger charge is 2.24. The zero-order chi connectivity index (χ0) is 20.6. The van der Waals surface area contributed by atoms with E-state index in [1.165, 1.54) is 36.5 Å². The second-order valence-electron chi connectivity index (χ2n) is 6.29. The van der Waals surface area contributed by atoms with Gasteiger partial charge in [-0.2, -0.15) is 5.10 Å². The Morgan fingerprint density at radius 1 is 0.966 bits per heavy atom.